The summed E-state index contributed by atoms with van der Waals surface area (Å²) in [6.07, 6.45) is 6.24. The van der Waals surface area contributed by atoms with Crippen LogP contribution in [-0.4, -0.2) is 28.5 Å². The standard InChI is InChI=1S/C20H22N2O4S/c1-21-27(24,25)19-12-14(6-10-18(19)26-2)7-11-20(23)22-17-9-8-15-4-3-5-16(15)13-17/h6-13,21H,3-5H2,1-2H3,(H,22,23)/b11-7+. The molecule has 0 aliphatic heterocycles. The predicted octanol–water partition coefficient (Wildman–Crippen LogP) is 2.74. The summed E-state index contributed by atoms with van der Waals surface area (Å²) in [6.45, 7) is 0. The normalized spacial score (nSPS) is 13.6. The fourth-order valence-electron chi connectivity index (χ4n) is 3.12. The van der Waals surface area contributed by atoms with E-state index in [-0.39, 0.29) is 16.6 Å². The number of methoxy groups -OCH3 is 1. The van der Waals surface area contributed by atoms with E-state index in [9.17, 15) is 13.2 Å². The highest BCUT2D eigenvalue weighted by Gasteiger charge is 2.17. The summed E-state index contributed by atoms with van der Waals surface area (Å²) in [7, 11) is -0.925. The van der Waals surface area contributed by atoms with Crippen LogP contribution in [0.25, 0.3) is 6.08 Å². The molecule has 0 saturated carbocycles. The van der Waals surface area contributed by atoms with Crippen LogP contribution in [0.3, 0.4) is 0 Å². The minimum absolute atomic E-state index is 0.0219. The zero-order chi connectivity index (χ0) is 19.4. The number of fused-ring (bicyclic) bond motifs is 1. The van der Waals surface area contributed by atoms with Crippen LogP contribution in [0.2, 0.25) is 0 Å². The van der Waals surface area contributed by atoms with Crippen LogP contribution >= 0.6 is 0 Å². The number of sulfonamides is 1. The quantitative estimate of drug-likeness (QED) is 0.748. The molecular weight excluding hydrogens is 364 g/mol. The van der Waals surface area contributed by atoms with Gasteiger partial charge in [0, 0.05) is 11.8 Å². The molecule has 0 bridgehead atoms. The summed E-state index contributed by atoms with van der Waals surface area (Å²) in [6, 6.07) is 10.7. The van der Waals surface area contributed by atoms with Gasteiger partial charge < -0.3 is 10.1 Å². The van der Waals surface area contributed by atoms with Crippen molar-refractivity contribution in [3.8, 4) is 5.75 Å². The molecule has 2 aromatic carbocycles. The van der Waals surface area contributed by atoms with Crippen molar-refractivity contribution >= 4 is 27.7 Å². The number of carbonyl (C=O) groups is 1. The van der Waals surface area contributed by atoms with Crippen LogP contribution in [0.15, 0.2) is 47.4 Å². The number of amides is 1. The highest BCUT2D eigenvalue weighted by atomic mass is 32.2. The lowest BCUT2D eigenvalue weighted by atomic mass is 10.1. The van der Waals surface area contributed by atoms with E-state index in [2.05, 4.69) is 16.1 Å². The van der Waals surface area contributed by atoms with Crippen LogP contribution in [0, 0.1) is 0 Å². The lowest BCUT2D eigenvalue weighted by molar-refractivity contribution is -0.111. The smallest absolute Gasteiger partial charge is 0.248 e. The fourth-order valence-corrected chi connectivity index (χ4v) is 4.05. The van der Waals surface area contributed by atoms with Gasteiger partial charge in [-0.2, -0.15) is 0 Å². The number of hydrogen-bond acceptors (Lipinski definition) is 4. The summed E-state index contributed by atoms with van der Waals surface area (Å²) in [4.78, 5) is 12.2. The van der Waals surface area contributed by atoms with Crippen molar-refractivity contribution in [2.24, 2.45) is 0 Å². The van der Waals surface area contributed by atoms with E-state index in [1.165, 1.54) is 37.4 Å². The Morgan fingerprint density at radius 1 is 1.11 bits per heavy atom. The van der Waals surface area contributed by atoms with Crippen molar-refractivity contribution in [2.75, 3.05) is 19.5 Å². The van der Waals surface area contributed by atoms with Gasteiger partial charge in [-0.15, -0.1) is 0 Å². The molecule has 3 rings (SSSR count). The van der Waals surface area contributed by atoms with E-state index < -0.39 is 10.0 Å². The highest BCUT2D eigenvalue weighted by molar-refractivity contribution is 7.89. The van der Waals surface area contributed by atoms with E-state index in [1.54, 1.807) is 18.2 Å². The second-order valence-corrected chi connectivity index (χ2v) is 8.13. The van der Waals surface area contributed by atoms with Gasteiger partial charge in [-0.1, -0.05) is 12.1 Å². The van der Waals surface area contributed by atoms with Crippen LogP contribution in [0.1, 0.15) is 23.1 Å². The molecule has 0 aromatic heterocycles. The third-order valence-electron chi connectivity index (χ3n) is 4.54. The average Bonchev–Trinajstić information content (AvgIpc) is 3.14. The number of hydrogen-bond donors (Lipinski definition) is 2. The zero-order valence-electron chi connectivity index (χ0n) is 15.3. The lowest BCUT2D eigenvalue weighted by Crippen LogP contribution is -2.19. The SMILES string of the molecule is CNS(=O)(=O)c1cc(/C=C/C(=O)Nc2ccc3c(c2)CCC3)ccc1OC. The number of aryl methyl sites for hydroxylation is 2. The third kappa shape index (κ3) is 4.37. The number of nitrogens with one attached hydrogen (secondary N) is 2. The number of benzene rings is 2. The maximum Gasteiger partial charge on any atom is 0.248 e. The van der Waals surface area contributed by atoms with Crippen molar-refractivity contribution in [3.63, 3.8) is 0 Å². The van der Waals surface area contributed by atoms with Crippen molar-refractivity contribution in [3.05, 3.63) is 59.2 Å². The first-order valence-electron chi connectivity index (χ1n) is 8.65. The molecule has 0 atom stereocenters. The molecule has 2 N–H and O–H groups in total. The first kappa shape index (κ1) is 19.1. The third-order valence-corrected chi connectivity index (χ3v) is 5.97. The van der Waals surface area contributed by atoms with Gasteiger partial charge in [0.2, 0.25) is 15.9 Å². The summed E-state index contributed by atoms with van der Waals surface area (Å²) in [5, 5.41) is 2.84. The molecule has 1 aliphatic rings. The summed E-state index contributed by atoms with van der Waals surface area (Å²) in [5.41, 5.74) is 3.97. The van der Waals surface area contributed by atoms with Gasteiger partial charge in [-0.05, 0) is 73.3 Å². The molecule has 7 heteroatoms. The molecule has 27 heavy (non-hydrogen) atoms. The van der Waals surface area contributed by atoms with Gasteiger partial charge in [-0.25, -0.2) is 13.1 Å². The summed E-state index contributed by atoms with van der Waals surface area (Å²) >= 11 is 0. The van der Waals surface area contributed by atoms with Crippen LogP contribution in [-0.2, 0) is 27.7 Å². The molecule has 2 aromatic rings. The van der Waals surface area contributed by atoms with Crippen LogP contribution < -0.4 is 14.8 Å². The van der Waals surface area contributed by atoms with Crippen LogP contribution in [0.5, 0.6) is 5.75 Å². The first-order chi connectivity index (χ1) is 12.9. The summed E-state index contributed by atoms with van der Waals surface area (Å²) < 4.78 is 31.6. The number of carbonyl (C=O) groups excluding carboxylic acids is 1. The molecule has 0 radical (unpaired) electrons. The Morgan fingerprint density at radius 2 is 1.89 bits per heavy atom. The Balaban J connectivity index is 1.75. The van der Waals surface area contributed by atoms with Gasteiger partial charge >= 0.3 is 0 Å². The molecular formula is C20H22N2O4S. The van der Waals surface area contributed by atoms with Crippen molar-refractivity contribution in [1.82, 2.24) is 4.72 Å². The number of anilines is 1. The lowest BCUT2D eigenvalue weighted by Gasteiger charge is -2.09. The molecule has 1 amide bonds. The Labute approximate surface area is 159 Å². The number of ether oxygens (including phenoxy) is 1. The molecule has 0 fully saturated rings. The summed E-state index contributed by atoms with van der Waals surface area (Å²) in [5.74, 6) is -0.0362. The van der Waals surface area contributed by atoms with E-state index in [0.717, 1.165) is 24.9 Å². The Bertz CT molecular complexity index is 997. The van der Waals surface area contributed by atoms with Crippen molar-refractivity contribution in [1.29, 1.82) is 0 Å². The van der Waals surface area contributed by atoms with E-state index in [4.69, 9.17) is 4.74 Å². The molecule has 1 aliphatic carbocycles. The Hall–Kier alpha value is -2.64. The maximum absolute atomic E-state index is 12.2. The fraction of sp³-hybridized carbons (Fsp3) is 0.250. The van der Waals surface area contributed by atoms with Crippen molar-refractivity contribution < 1.29 is 17.9 Å². The van der Waals surface area contributed by atoms with E-state index in [0.29, 0.717) is 5.56 Å². The van der Waals surface area contributed by atoms with Gasteiger partial charge in [0.25, 0.3) is 0 Å². The Kier molecular flexibility index (Phi) is 5.62. The molecule has 0 saturated heterocycles. The van der Waals surface area contributed by atoms with E-state index >= 15 is 0 Å². The second kappa shape index (κ2) is 7.94. The number of rotatable bonds is 6. The maximum atomic E-state index is 12.2. The minimum Gasteiger partial charge on any atom is -0.495 e. The van der Waals surface area contributed by atoms with Crippen LogP contribution in [0.4, 0.5) is 5.69 Å². The largest absolute Gasteiger partial charge is 0.495 e. The monoisotopic (exact) mass is 386 g/mol. The van der Waals surface area contributed by atoms with E-state index in [1.807, 2.05) is 12.1 Å². The van der Waals surface area contributed by atoms with Gasteiger partial charge in [0.05, 0.1) is 7.11 Å². The molecule has 0 heterocycles. The topological polar surface area (TPSA) is 84.5 Å². The second-order valence-electron chi connectivity index (χ2n) is 6.28. The van der Waals surface area contributed by atoms with Gasteiger partial charge in [0.1, 0.15) is 10.6 Å². The average molecular weight is 386 g/mol. The minimum atomic E-state index is -3.67. The molecule has 142 valence electrons. The first-order valence-corrected chi connectivity index (χ1v) is 10.1. The Morgan fingerprint density at radius 3 is 2.63 bits per heavy atom. The molecule has 0 spiro atoms. The highest BCUT2D eigenvalue weighted by Crippen LogP contribution is 2.26. The zero-order valence-corrected chi connectivity index (χ0v) is 16.1. The predicted molar refractivity (Wildman–Crippen MR) is 105 cm³/mol. The molecule has 0 unspecified atom stereocenters. The molecule has 6 nitrogen and oxygen atoms in total. The van der Waals surface area contributed by atoms with Crippen molar-refractivity contribution in [2.45, 2.75) is 24.2 Å². The van der Waals surface area contributed by atoms with Gasteiger partial charge in [0.15, 0.2) is 0 Å². The van der Waals surface area contributed by atoms with Gasteiger partial charge in [-0.3, -0.25) is 4.79 Å².